The fourth-order valence-corrected chi connectivity index (χ4v) is 3.71. The molecule has 1 aromatic carbocycles. The van der Waals surface area contributed by atoms with E-state index >= 15 is 0 Å². The van der Waals surface area contributed by atoms with E-state index in [1.165, 1.54) is 4.90 Å². The lowest BCUT2D eigenvalue weighted by Gasteiger charge is -2.33. The Morgan fingerprint density at radius 2 is 2.00 bits per heavy atom. The molecule has 5 nitrogen and oxygen atoms in total. The Hall–Kier alpha value is -2.09. The number of carbonyl (C=O) groups excluding carboxylic acids is 1. The SMILES string of the molecule is CCC(C)C(NC(=O)C1CCN(CC(F)(F)F)CC1)c1nc2ccccc2[nH]1. The molecule has 0 saturated carbocycles. The lowest BCUT2D eigenvalue weighted by Crippen LogP contribution is -2.45. The first-order chi connectivity index (χ1) is 13.3. The summed E-state index contributed by atoms with van der Waals surface area (Å²) in [6, 6.07) is 7.45. The molecule has 2 heterocycles. The maximum absolute atomic E-state index is 12.8. The molecule has 2 N–H and O–H groups in total. The lowest BCUT2D eigenvalue weighted by atomic mass is 9.93. The van der Waals surface area contributed by atoms with Crippen LogP contribution in [0.3, 0.4) is 0 Å². The standard InChI is InChI=1S/C20H27F3N4O/c1-3-13(2)17(18-24-15-6-4-5-7-16(15)25-18)26-19(28)14-8-10-27(11-9-14)12-20(21,22)23/h4-7,13-14,17H,3,8-12H2,1-2H3,(H,24,25)(H,26,28). The molecule has 0 aliphatic carbocycles. The summed E-state index contributed by atoms with van der Waals surface area (Å²) in [6.07, 6.45) is -2.45. The number of hydrogen-bond acceptors (Lipinski definition) is 3. The van der Waals surface area contributed by atoms with Crippen LogP contribution >= 0.6 is 0 Å². The minimum atomic E-state index is -4.20. The maximum atomic E-state index is 12.8. The zero-order valence-corrected chi connectivity index (χ0v) is 16.2. The number of piperidine rings is 1. The summed E-state index contributed by atoms with van der Waals surface area (Å²) >= 11 is 0. The van der Waals surface area contributed by atoms with E-state index in [0.29, 0.717) is 12.8 Å². The van der Waals surface area contributed by atoms with Gasteiger partial charge < -0.3 is 10.3 Å². The number of imidazole rings is 1. The molecule has 1 fully saturated rings. The predicted octanol–water partition coefficient (Wildman–Crippen LogP) is 4.04. The van der Waals surface area contributed by atoms with E-state index in [2.05, 4.69) is 29.1 Å². The third-order valence-electron chi connectivity index (χ3n) is 5.57. The van der Waals surface area contributed by atoms with Gasteiger partial charge in [0.25, 0.3) is 0 Å². The maximum Gasteiger partial charge on any atom is 0.401 e. The highest BCUT2D eigenvalue weighted by Gasteiger charge is 2.34. The van der Waals surface area contributed by atoms with Gasteiger partial charge in [0.2, 0.25) is 5.91 Å². The van der Waals surface area contributed by atoms with Crippen molar-refractivity contribution in [2.75, 3.05) is 19.6 Å². The Morgan fingerprint density at radius 3 is 2.61 bits per heavy atom. The van der Waals surface area contributed by atoms with Gasteiger partial charge in [0.1, 0.15) is 5.82 Å². The number of aromatic nitrogens is 2. The zero-order chi connectivity index (χ0) is 20.3. The van der Waals surface area contributed by atoms with Gasteiger partial charge in [-0.3, -0.25) is 9.69 Å². The van der Waals surface area contributed by atoms with Crippen LogP contribution < -0.4 is 5.32 Å². The molecule has 2 atom stereocenters. The molecule has 28 heavy (non-hydrogen) atoms. The lowest BCUT2D eigenvalue weighted by molar-refractivity contribution is -0.149. The zero-order valence-electron chi connectivity index (χ0n) is 16.2. The first kappa shape index (κ1) is 20.6. The Balaban J connectivity index is 1.66. The Bertz CT molecular complexity index is 763. The van der Waals surface area contributed by atoms with E-state index in [1.807, 2.05) is 24.3 Å². The van der Waals surface area contributed by atoms with Gasteiger partial charge in [-0.1, -0.05) is 32.4 Å². The van der Waals surface area contributed by atoms with Crippen molar-refractivity contribution in [1.82, 2.24) is 20.2 Å². The van der Waals surface area contributed by atoms with Gasteiger partial charge in [-0.2, -0.15) is 13.2 Å². The Labute approximate surface area is 162 Å². The monoisotopic (exact) mass is 396 g/mol. The van der Waals surface area contributed by atoms with E-state index in [4.69, 9.17) is 0 Å². The van der Waals surface area contributed by atoms with Gasteiger partial charge in [-0.25, -0.2) is 4.98 Å². The smallest absolute Gasteiger partial charge is 0.346 e. The van der Waals surface area contributed by atoms with Gasteiger partial charge in [0, 0.05) is 5.92 Å². The average Bonchev–Trinajstić information content (AvgIpc) is 3.08. The van der Waals surface area contributed by atoms with Gasteiger partial charge in [-0.05, 0) is 44.0 Å². The van der Waals surface area contributed by atoms with E-state index in [-0.39, 0.29) is 36.9 Å². The number of hydrogen-bond donors (Lipinski definition) is 2. The molecule has 0 radical (unpaired) electrons. The number of H-pyrrole nitrogens is 1. The van der Waals surface area contributed by atoms with Crippen molar-refractivity contribution in [2.45, 2.75) is 45.3 Å². The molecule has 0 spiro atoms. The summed E-state index contributed by atoms with van der Waals surface area (Å²) in [5.74, 6) is 0.533. The second kappa shape index (κ2) is 8.51. The van der Waals surface area contributed by atoms with Crippen LogP contribution in [0.15, 0.2) is 24.3 Å². The average molecular weight is 396 g/mol. The van der Waals surface area contributed by atoms with Gasteiger partial charge in [0.05, 0.1) is 23.6 Å². The van der Waals surface area contributed by atoms with Crippen LogP contribution in [0.2, 0.25) is 0 Å². The third-order valence-corrected chi connectivity index (χ3v) is 5.57. The second-order valence-corrected chi connectivity index (χ2v) is 7.68. The summed E-state index contributed by atoms with van der Waals surface area (Å²) in [4.78, 5) is 22.1. The first-order valence-electron chi connectivity index (χ1n) is 9.81. The van der Waals surface area contributed by atoms with E-state index in [1.54, 1.807) is 0 Å². The molecule has 1 aliphatic heterocycles. The predicted molar refractivity (Wildman–Crippen MR) is 102 cm³/mol. The van der Waals surface area contributed by atoms with Crippen LogP contribution in [0, 0.1) is 11.8 Å². The summed E-state index contributed by atoms with van der Waals surface area (Å²) in [5.41, 5.74) is 1.76. The summed E-state index contributed by atoms with van der Waals surface area (Å²) < 4.78 is 37.6. The number of aromatic amines is 1. The number of amides is 1. The van der Waals surface area contributed by atoms with Crippen molar-refractivity contribution in [2.24, 2.45) is 11.8 Å². The highest BCUT2D eigenvalue weighted by atomic mass is 19.4. The highest BCUT2D eigenvalue weighted by Crippen LogP contribution is 2.27. The third kappa shape index (κ3) is 5.04. The van der Waals surface area contributed by atoms with Gasteiger partial charge in [0.15, 0.2) is 0 Å². The van der Waals surface area contributed by atoms with Crippen molar-refractivity contribution in [3.8, 4) is 0 Å². The molecular weight excluding hydrogens is 369 g/mol. The van der Waals surface area contributed by atoms with E-state index < -0.39 is 12.7 Å². The van der Waals surface area contributed by atoms with Crippen molar-refractivity contribution >= 4 is 16.9 Å². The number of nitrogens with zero attached hydrogens (tertiary/aromatic N) is 2. The molecule has 154 valence electrons. The molecule has 2 aromatic rings. The number of likely N-dealkylation sites (tertiary alicyclic amines) is 1. The van der Waals surface area contributed by atoms with Crippen LogP contribution in [0.5, 0.6) is 0 Å². The number of rotatable bonds is 6. The summed E-state index contributed by atoms with van der Waals surface area (Å²) in [6.45, 7) is 3.79. The molecule has 1 saturated heterocycles. The molecule has 1 aromatic heterocycles. The summed E-state index contributed by atoms with van der Waals surface area (Å²) in [5, 5.41) is 3.10. The van der Waals surface area contributed by atoms with Crippen molar-refractivity contribution < 1.29 is 18.0 Å². The van der Waals surface area contributed by atoms with Crippen molar-refractivity contribution in [1.29, 1.82) is 0 Å². The number of alkyl halides is 3. The minimum absolute atomic E-state index is 0.0996. The Kier molecular flexibility index (Phi) is 6.27. The first-order valence-corrected chi connectivity index (χ1v) is 9.81. The normalized spacial score (nSPS) is 18.9. The number of halogens is 3. The number of carbonyl (C=O) groups is 1. The van der Waals surface area contributed by atoms with Crippen LogP contribution in [-0.2, 0) is 4.79 Å². The van der Waals surface area contributed by atoms with Crippen LogP contribution in [0.1, 0.15) is 45.0 Å². The van der Waals surface area contributed by atoms with Crippen LogP contribution in [0.25, 0.3) is 11.0 Å². The van der Waals surface area contributed by atoms with Gasteiger partial charge in [-0.15, -0.1) is 0 Å². The van der Waals surface area contributed by atoms with Crippen molar-refractivity contribution in [3.05, 3.63) is 30.1 Å². The molecule has 0 bridgehead atoms. The molecule has 8 heteroatoms. The van der Waals surface area contributed by atoms with Crippen LogP contribution in [-0.4, -0.2) is 46.6 Å². The van der Waals surface area contributed by atoms with E-state index in [0.717, 1.165) is 23.3 Å². The number of fused-ring (bicyclic) bond motifs is 1. The fraction of sp³-hybridized carbons (Fsp3) is 0.600. The minimum Gasteiger partial charge on any atom is -0.346 e. The van der Waals surface area contributed by atoms with E-state index in [9.17, 15) is 18.0 Å². The Morgan fingerprint density at radius 1 is 1.32 bits per heavy atom. The van der Waals surface area contributed by atoms with Crippen molar-refractivity contribution in [3.63, 3.8) is 0 Å². The molecule has 1 amide bonds. The molecular formula is C20H27F3N4O. The molecule has 1 aliphatic rings. The summed E-state index contributed by atoms with van der Waals surface area (Å²) in [7, 11) is 0. The molecule has 2 unspecified atom stereocenters. The van der Waals surface area contributed by atoms with Gasteiger partial charge >= 0.3 is 6.18 Å². The topological polar surface area (TPSA) is 61.0 Å². The molecule has 3 rings (SSSR count). The number of benzene rings is 1. The van der Waals surface area contributed by atoms with Crippen LogP contribution in [0.4, 0.5) is 13.2 Å². The quantitative estimate of drug-likeness (QED) is 0.775. The number of nitrogens with one attached hydrogen (secondary N) is 2. The number of para-hydroxylation sites is 2. The largest absolute Gasteiger partial charge is 0.401 e. The highest BCUT2D eigenvalue weighted by molar-refractivity contribution is 5.79. The second-order valence-electron chi connectivity index (χ2n) is 7.68. The fourth-order valence-electron chi connectivity index (χ4n) is 3.71.